The first-order valence-electron chi connectivity index (χ1n) is 5.83. The fourth-order valence-electron chi connectivity index (χ4n) is 1.62. The highest BCUT2D eigenvalue weighted by Crippen LogP contribution is 2.27. The normalized spacial score (nSPS) is 10.3. The van der Waals surface area contributed by atoms with Crippen molar-refractivity contribution >= 4 is 5.69 Å². The third kappa shape index (κ3) is 3.74. The standard InChI is InChI=1S/C14H11F2NO3/c15-14(16)20-11-6-7-12(17-18)13(8-11)19-9-10-4-2-1-3-5-10/h1-8,14H,9H2/p+1. The van der Waals surface area contributed by atoms with Crippen LogP contribution in [0.2, 0.25) is 0 Å². The Kier molecular flexibility index (Phi) is 4.60. The highest BCUT2D eigenvalue weighted by molar-refractivity contribution is 5.49. The highest BCUT2D eigenvalue weighted by Gasteiger charge is 2.14. The van der Waals surface area contributed by atoms with Crippen LogP contribution in [0.3, 0.4) is 0 Å². The molecular formula is C14H12F2NO3+. The first-order chi connectivity index (χ1) is 9.69. The van der Waals surface area contributed by atoms with Crippen LogP contribution in [0.1, 0.15) is 5.56 Å². The predicted molar refractivity (Wildman–Crippen MR) is 67.8 cm³/mol. The van der Waals surface area contributed by atoms with Crippen molar-refractivity contribution in [2.24, 2.45) is 0 Å². The maximum Gasteiger partial charge on any atom is 0.387 e. The summed E-state index contributed by atoms with van der Waals surface area (Å²) in [4.78, 5) is 10.8. The quantitative estimate of drug-likeness (QED) is 0.883. The van der Waals surface area contributed by atoms with Crippen molar-refractivity contribution in [1.29, 1.82) is 0 Å². The van der Waals surface area contributed by atoms with Gasteiger partial charge in [-0.15, -0.1) is 0 Å². The summed E-state index contributed by atoms with van der Waals surface area (Å²) < 4.78 is 34.0. The molecule has 20 heavy (non-hydrogen) atoms. The molecule has 0 unspecified atom stereocenters. The molecule has 0 aromatic heterocycles. The molecule has 0 aliphatic rings. The van der Waals surface area contributed by atoms with Crippen molar-refractivity contribution in [2.45, 2.75) is 13.2 Å². The molecule has 104 valence electrons. The molecule has 0 spiro atoms. The molecule has 0 saturated heterocycles. The Morgan fingerprint density at radius 2 is 1.85 bits per heavy atom. The van der Waals surface area contributed by atoms with Crippen LogP contribution in [-0.2, 0) is 6.61 Å². The van der Waals surface area contributed by atoms with E-state index in [-0.39, 0.29) is 23.8 Å². The number of nitroso groups, excluding NO2 is 1. The Hall–Kier alpha value is -2.50. The van der Waals surface area contributed by atoms with E-state index in [4.69, 9.17) is 4.74 Å². The van der Waals surface area contributed by atoms with Gasteiger partial charge in [0.05, 0.1) is 0 Å². The summed E-state index contributed by atoms with van der Waals surface area (Å²) in [5.74, 6) is 0.0871. The van der Waals surface area contributed by atoms with Gasteiger partial charge in [-0.05, 0) is 11.6 Å². The molecule has 2 aromatic rings. The molecule has 4 nitrogen and oxygen atoms in total. The fourth-order valence-corrected chi connectivity index (χ4v) is 1.62. The van der Waals surface area contributed by atoms with Crippen molar-refractivity contribution < 1.29 is 23.4 Å². The van der Waals surface area contributed by atoms with E-state index in [0.29, 0.717) is 0 Å². The third-order valence-electron chi connectivity index (χ3n) is 2.53. The van der Waals surface area contributed by atoms with Gasteiger partial charge in [-0.3, -0.25) is 0 Å². The van der Waals surface area contributed by atoms with Crippen LogP contribution in [0.4, 0.5) is 14.5 Å². The van der Waals surface area contributed by atoms with Gasteiger partial charge in [0, 0.05) is 22.2 Å². The van der Waals surface area contributed by atoms with Gasteiger partial charge in [0.2, 0.25) is 0 Å². The molecule has 0 amide bonds. The minimum atomic E-state index is -2.93. The lowest BCUT2D eigenvalue weighted by molar-refractivity contribution is -0.380. The number of ether oxygens (including phenoxy) is 2. The van der Waals surface area contributed by atoms with Gasteiger partial charge in [0.15, 0.2) is 5.75 Å². The van der Waals surface area contributed by atoms with Gasteiger partial charge in [-0.1, -0.05) is 30.3 Å². The molecule has 0 heterocycles. The fraction of sp³-hybridized carbons (Fsp3) is 0.143. The number of benzene rings is 2. The average molecular weight is 280 g/mol. The van der Waals surface area contributed by atoms with Gasteiger partial charge in [0.1, 0.15) is 12.4 Å². The maximum absolute atomic E-state index is 12.1. The number of alkyl halides is 2. The zero-order chi connectivity index (χ0) is 14.4. The lowest BCUT2D eigenvalue weighted by Gasteiger charge is -2.08. The number of hydrogen-bond acceptors (Lipinski definition) is 3. The molecule has 0 saturated carbocycles. The molecular weight excluding hydrogens is 268 g/mol. The monoisotopic (exact) mass is 280 g/mol. The van der Waals surface area contributed by atoms with Crippen molar-refractivity contribution in [3.05, 3.63) is 59.0 Å². The topological polar surface area (TPSA) is 49.5 Å². The van der Waals surface area contributed by atoms with E-state index < -0.39 is 6.61 Å². The summed E-state index contributed by atoms with van der Waals surface area (Å²) in [7, 11) is 0. The van der Waals surface area contributed by atoms with Crippen LogP contribution in [-0.4, -0.2) is 6.61 Å². The molecule has 0 aliphatic heterocycles. The largest absolute Gasteiger partial charge is 0.482 e. The number of nitrogens with one attached hydrogen (secondary N) is 1. The molecule has 0 radical (unpaired) electrons. The van der Waals surface area contributed by atoms with Crippen LogP contribution in [0, 0.1) is 4.91 Å². The molecule has 2 aromatic carbocycles. The van der Waals surface area contributed by atoms with Gasteiger partial charge in [-0.25, -0.2) is 0 Å². The Balaban J connectivity index is 2.14. The average Bonchev–Trinajstić information content (AvgIpc) is 2.46. The van der Waals surface area contributed by atoms with E-state index in [9.17, 15) is 13.7 Å². The Morgan fingerprint density at radius 3 is 2.50 bits per heavy atom. The van der Waals surface area contributed by atoms with Gasteiger partial charge in [-0.2, -0.15) is 8.78 Å². The molecule has 6 heteroatoms. The van der Waals surface area contributed by atoms with Crippen LogP contribution in [0.5, 0.6) is 11.5 Å². The van der Waals surface area contributed by atoms with E-state index in [2.05, 4.69) is 4.74 Å². The maximum atomic E-state index is 12.1. The lowest BCUT2D eigenvalue weighted by Crippen LogP contribution is -2.55. The van der Waals surface area contributed by atoms with Crippen LogP contribution in [0.15, 0.2) is 48.5 Å². The Bertz CT molecular complexity index is 576. The summed E-state index contributed by atoms with van der Waals surface area (Å²) in [5.41, 5.74) is 1.05. The predicted octanol–water partition coefficient (Wildman–Crippen LogP) is 2.35. The SMILES string of the molecule is O=[NH+]c1ccc(OC(F)F)cc1OCc1ccccc1. The summed E-state index contributed by atoms with van der Waals surface area (Å²) in [5, 5.41) is 1.69. The summed E-state index contributed by atoms with van der Waals surface area (Å²) in [6.07, 6.45) is 0. The van der Waals surface area contributed by atoms with Crippen LogP contribution < -0.4 is 14.7 Å². The zero-order valence-electron chi connectivity index (χ0n) is 10.4. The van der Waals surface area contributed by atoms with E-state index in [1.165, 1.54) is 18.2 Å². The molecule has 0 aliphatic carbocycles. The van der Waals surface area contributed by atoms with Gasteiger partial charge in [0.25, 0.3) is 5.69 Å². The zero-order valence-corrected chi connectivity index (χ0v) is 10.4. The minimum absolute atomic E-state index is 0.0675. The molecule has 0 fully saturated rings. The van der Waals surface area contributed by atoms with E-state index >= 15 is 0 Å². The highest BCUT2D eigenvalue weighted by atomic mass is 19.3. The molecule has 1 N–H and O–H groups in total. The van der Waals surface area contributed by atoms with E-state index in [1.807, 2.05) is 30.3 Å². The number of hydrogen-bond donors (Lipinski definition) is 1. The molecule has 2 rings (SSSR count). The Labute approximate surface area is 113 Å². The minimum Gasteiger partial charge on any atom is -0.482 e. The van der Waals surface area contributed by atoms with Crippen molar-refractivity contribution in [3.8, 4) is 11.5 Å². The Morgan fingerprint density at radius 1 is 1.10 bits per heavy atom. The second-order valence-corrected chi connectivity index (χ2v) is 3.91. The number of rotatable bonds is 6. The second-order valence-electron chi connectivity index (χ2n) is 3.91. The second kappa shape index (κ2) is 6.60. The summed E-state index contributed by atoms with van der Waals surface area (Å²) >= 11 is 0. The van der Waals surface area contributed by atoms with Crippen LogP contribution >= 0.6 is 0 Å². The number of halogens is 2. The van der Waals surface area contributed by atoms with E-state index in [1.54, 1.807) is 5.18 Å². The third-order valence-corrected chi connectivity index (χ3v) is 2.53. The first kappa shape index (κ1) is 13.9. The summed E-state index contributed by atoms with van der Waals surface area (Å²) in [6.45, 7) is -2.71. The van der Waals surface area contributed by atoms with E-state index in [0.717, 1.165) is 5.56 Å². The lowest BCUT2D eigenvalue weighted by atomic mass is 10.2. The smallest absolute Gasteiger partial charge is 0.387 e. The van der Waals surface area contributed by atoms with Crippen molar-refractivity contribution in [1.82, 2.24) is 0 Å². The molecule has 0 bridgehead atoms. The van der Waals surface area contributed by atoms with Crippen molar-refractivity contribution in [2.75, 3.05) is 0 Å². The van der Waals surface area contributed by atoms with Gasteiger partial charge >= 0.3 is 6.61 Å². The molecule has 0 atom stereocenters. The summed E-state index contributed by atoms with van der Waals surface area (Å²) in [6, 6.07) is 13.1. The van der Waals surface area contributed by atoms with Crippen LogP contribution in [0.25, 0.3) is 0 Å². The first-order valence-corrected chi connectivity index (χ1v) is 5.83. The van der Waals surface area contributed by atoms with Crippen molar-refractivity contribution in [3.63, 3.8) is 0 Å². The van der Waals surface area contributed by atoms with Gasteiger partial charge < -0.3 is 9.47 Å².